The fourth-order valence-corrected chi connectivity index (χ4v) is 5.67. The molecular weight excluding hydrogens is 591 g/mol. The number of piperazine rings is 1. The predicted octanol–water partition coefficient (Wildman–Crippen LogP) is 5.48. The van der Waals surface area contributed by atoms with Crippen molar-refractivity contribution < 1.29 is 9.18 Å². The van der Waals surface area contributed by atoms with Gasteiger partial charge in [-0.1, -0.05) is 27.2 Å². The molecule has 1 aliphatic heterocycles. The zero-order chi connectivity index (χ0) is 25.6. The van der Waals surface area contributed by atoms with E-state index in [2.05, 4.69) is 65.9 Å². The molecule has 0 bridgehead atoms. The van der Waals surface area contributed by atoms with Crippen LogP contribution in [0.15, 0.2) is 57.6 Å². The quantitative estimate of drug-likeness (QED) is 0.304. The molecule has 2 aromatic carbocycles. The number of fused-ring (bicyclic) bond motifs is 1. The van der Waals surface area contributed by atoms with Crippen LogP contribution in [0.1, 0.15) is 35.6 Å². The summed E-state index contributed by atoms with van der Waals surface area (Å²) in [5.41, 5.74) is 3.23. The lowest BCUT2D eigenvalue weighted by molar-refractivity contribution is 0.0379. The summed E-state index contributed by atoms with van der Waals surface area (Å²) in [5.74, 6) is -0.328. The molecule has 186 valence electrons. The van der Waals surface area contributed by atoms with Gasteiger partial charge in [-0.05, 0) is 67.0 Å². The number of hydrogen-bond donors (Lipinski definition) is 0. The van der Waals surface area contributed by atoms with E-state index in [1.807, 2.05) is 42.3 Å². The van der Waals surface area contributed by atoms with Crippen LogP contribution in [0.4, 0.5) is 4.39 Å². The topological polar surface area (TPSA) is 67.2 Å². The number of carbonyl (C=O) groups excluding carboxylic acids is 1. The average molecular weight is 616 g/mol. The number of amides is 1. The van der Waals surface area contributed by atoms with Crippen LogP contribution < -0.4 is 0 Å². The molecule has 4 aromatic rings. The van der Waals surface area contributed by atoms with Gasteiger partial charge in [-0.3, -0.25) is 14.7 Å². The van der Waals surface area contributed by atoms with E-state index < -0.39 is 5.54 Å². The molecule has 3 heterocycles. The Hall–Kier alpha value is -2.69. The number of aryl methyl sites for hydroxylation is 1. The molecule has 36 heavy (non-hydrogen) atoms. The first-order chi connectivity index (χ1) is 17.1. The Bertz CT molecular complexity index is 1460. The highest BCUT2D eigenvalue weighted by Gasteiger charge is 2.35. The fourth-order valence-electron chi connectivity index (χ4n) is 4.67. The summed E-state index contributed by atoms with van der Waals surface area (Å²) in [5, 5.41) is 9.49. The van der Waals surface area contributed by atoms with E-state index in [1.54, 1.807) is 10.7 Å². The molecule has 5 rings (SSSR count). The Morgan fingerprint density at radius 2 is 1.78 bits per heavy atom. The second-order valence-electron chi connectivity index (χ2n) is 9.43. The van der Waals surface area contributed by atoms with E-state index in [4.69, 9.17) is 0 Å². The van der Waals surface area contributed by atoms with Crippen LogP contribution in [-0.2, 0) is 5.54 Å². The Balaban J connectivity index is 1.34. The van der Waals surface area contributed by atoms with Gasteiger partial charge in [0.15, 0.2) is 0 Å². The van der Waals surface area contributed by atoms with Gasteiger partial charge in [-0.15, -0.1) is 5.10 Å². The lowest BCUT2D eigenvalue weighted by Crippen LogP contribution is -2.54. The van der Waals surface area contributed by atoms with Gasteiger partial charge >= 0.3 is 0 Å². The van der Waals surface area contributed by atoms with Crippen molar-refractivity contribution in [3.8, 4) is 5.69 Å². The van der Waals surface area contributed by atoms with Crippen LogP contribution >= 0.6 is 31.9 Å². The molecule has 1 fully saturated rings. The second-order valence-corrected chi connectivity index (χ2v) is 11.1. The smallest absolute Gasteiger partial charge is 0.254 e. The van der Waals surface area contributed by atoms with Crippen LogP contribution in [0.25, 0.3) is 16.6 Å². The van der Waals surface area contributed by atoms with Crippen molar-refractivity contribution in [3.05, 3.63) is 80.4 Å². The van der Waals surface area contributed by atoms with Crippen molar-refractivity contribution >= 4 is 48.7 Å². The number of carbonyl (C=O) groups is 1. The van der Waals surface area contributed by atoms with Crippen molar-refractivity contribution in [1.29, 1.82) is 0 Å². The maximum absolute atomic E-state index is 13.8. The summed E-state index contributed by atoms with van der Waals surface area (Å²) in [6.45, 7) is 8.68. The van der Waals surface area contributed by atoms with Crippen LogP contribution in [0.5, 0.6) is 0 Å². The zero-order valence-corrected chi connectivity index (χ0v) is 23.3. The molecule has 1 aliphatic rings. The molecule has 0 spiro atoms. The van der Waals surface area contributed by atoms with Gasteiger partial charge in [0.2, 0.25) is 0 Å². The van der Waals surface area contributed by atoms with Crippen molar-refractivity contribution in [2.45, 2.75) is 26.3 Å². The Labute approximate surface area is 225 Å². The standard InChI is InChI=1S/C26H25Br2FN6O/c1-16-13-18(24-20(28)5-4-6-21(24)30-16)25(36)33-9-11-34(12-10-33)26(2,3)23-15-35(32-31-23)22-14-17(29)7-8-19(22)27/h4-8,13-15H,9-12H2,1-3H3. The Morgan fingerprint density at radius 1 is 1.03 bits per heavy atom. The maximum atomic E-state index is 13.8. The molecule has 0 N–H and O–H groups in total. The fraction of sp³-hybridized carbons (Fsp3) is 0.308. The molecule has 0 aliphatic carbocycles. The van der Waals surface area contributed by atoms with E-state index in [0.717, 1.165) is 31.2 Å². The summed E-state index contributed by atoms with van der Waals surface area (Å²) in [6, 6.07) is 12.1. The van der Waals surface area contributed by atoms with Gasteiger partial charge in [0, 0.05) is 52.3 Å². The van der Waals surface area contributed by atoms with E-state index in [-0.39, 0.29) is 11.7 Å². The van der Waals surface area contributed by atoms with Gasteiger partial charge in [0.05, 0.1) is 28.5 Å². The van der Waals surface area contributed by atoms with Gasteiger partial charge < -0.3 is 4.90 Å². The highest BCUT2D eigenvalue weighted by molar-refractivity contribution is 9.11. The number of nitrogens with zero attached hydrogens (tertiary/aromatic N) is 6. The number of rotatable bonds is 4. The first-order valence-corrected chi connectivity index (χ1v) is 13.2. The van der Waals surface area contributed by atoms with Crippen LogP contribution in [0, 0.1) is 12.7 Å². The summed E-state index contributed by atoms with van der Waals surface area (Å²) < 4.78 is 17.0. The summed E-state index contributed by atoms with van der Waals surface area (Å²) in [7, 11) is 0. The normalized spacial score (nSPS) is 15.0. The number of benzene rings is 2. The predicted molar refractivity (Wildman–Crippen MR) is 144 cm³/mol. The zero-order valence-electron chi connectivity index (χ0n) is 20.2. The molecule has 1 saturated heterocycles. The van der Waals surface area contributed by atoms with Crippen molar-refractivity contribution in [3.63, 3.8) is 0 Å². The summed E-state index contributed by atoms with van der Waals surface area (Å²) in [4.78, 5) is 22.4. The average Bonchev–Trinajstić information content (AvgIpc) is 3.36. The van der Waals surface area contributed by atoms with E-state index >= 15 is 0 Å². The minimum atomic E-state index is -0.420. The molecule has 0 unspecified atom stereocenters. The molecule has 0 atom stereocenters. The number of hydrogen-bond acceptors (Lipinski definition) is 5. The third-order valence-electron chi connectivity index (χ3n) is 6.77. The molecule has 2 aromatic heterocycles. The molecule has 1 amide bonds. The monoisotopic (exact) mass is 614 g/mol. The summed E-state index contributed by atoms with van der Waals surface area (Å²) >= 11 is 7.05. The Morgan fingerprint density at radius 3 is 2.53 bits per heavy atom. The van der Waals surface area contributed by atoms with Gasteiger partial charge in [0.1, 0.15) is 11.5 Å². The SMILES string of the molecule is Cc1cc(C(=O)N2CCN(C(C)(C)c3cn(-c4cc(F)ccc4Br)nn3)CC2)c2c(Br)cccc2n1. The molecule has 0 radical (unpaired) electrons. The minimum absolute atomic E-state index is 0.0109. The van der Waals surface area contributed by atoms with Crippen LogP contribution in [-0.4, -0.2) is 61.9 Å². The number of aromatic nitrogens is 4. The van der Waals surface area contributed by atoms with Crippen LogP contribution in [0.2, 0.25) is 0 Å². The molecule has 7 nitrogen and oxygen atoms in total. The highest BCUT2D eigenvalue weighted by atomic mass is 79.9. The van der Waals surface area contributed by atoms with Crippen molar-refractivity contribution in [1.82, 2.24) is 29.8 Å². The lowest BCUT2D eigenvalue weighted by Gasteiger charge is -2.43. The first kappa shape index (κ1) is 25.0. The van der Waals surface area contributed by atoms with Crippen molar-refractivity contribution in [2.24, 2.45) is 0 Å². The van der Waals surface area contributed by atoms with Crippen LogP contribution in [0.3, 0.4) is 0 Å². The largest absolute Gasteiger partial charge is 0.336 e. The molecule has 10 heteroatoms. The molecular formula is C26H25Br2FN6O. The minimum Gasteiger partial charge on any atom is -0.336 e. The van der Waals surface area contributed by atoms with Crippen molar-refractivity contribution in [2.75, 3.05) is 26.2 Å². The van der Waals surface area contributed by atoms with E-state index in [1.165, 1.54) is 12.1 Å². The third-order valence-corrected chi connectivity index (χ3v) is 8.11. The third kappa shape index (κ3) is 4.57. The van der Waals surface area contributed by atoms with Gasteiger partial charge in [-0.25, -0.2) is 9.07 Å². The van der Waals surface area contributed by atoms with E-state index in [0.29, 0.717) is 37.4 Å². The second kappa shape index (κ2) is 9.64. The van der Waals surface area contributed by atoms with Gasteiger partial charge in [-0.2, -0.15) is 0 Å². The summed E-state index contributed by atoms with van der Waals surface area (Å²) in [6.07, 6.45) is 1.83. The Kier molecular flexibility index (Phi) is 6.69. The molecule has 0 saturated carbocycles. The maximum Gasteiger partial charge on any atom is 0.254 e. The van der Waals surface area contributed by atoms with E-state index in [9.17, 15) is 9.18 Å². The lowest BCUT2D eigenvalue weighted by atomic mass is 9.97. The number of halogens is 3. The number of pyridine rings is 1. The first-order valence-electron chi connectivity index (χ1n) is 11.6. The highest BCUT2D eigenvalue weighted by Crippen LogP contribution is 2.31. The van der Waals surface area contributed by atoms with Gasteiger partial charge in [0.25, 0.3) is 5.91 Å².